The molecule has 0 radical (unpaired) electrons. The number of hydrogen-bond acceptors (Lipinski definition) is 3. The second-order valence-corrected chi connectivity index (χ2v) is 5.80. The minimum Gasteiger partial charge on any atom is -0.356 e. The zero-order valence-electron chi connectivity index (χ0n) is 11.4. The summed E-state index contributed by atoms with van der Waals surface area (Å²) < 4.78 is 0. The lowest BCUT2D eigenvalue weighted by Gasteiger charge is -2.23. The van der Waals surface area contributed by atoms with Gasteiger partial charge in [0.2, 0.25) is 0 Å². The molecule has 1 aromatic rings. The molecule has 0 N–H and O–H groups in total. The van der Waals surface area contributed by atoms with Crippen LogP contribution < -0.4 is 4.90 Å². The van der Waals surface area contributed by atoms with Crippen molar-refractivity contribution in [1.82, 2.24) is 9.97 Å². The van der Waals surface area contributed by atoms with Gasteiger partial charge in [-0.1, -0.05) is 31.4 Å². The lowest BCUT2D eigenvalue weighted by Crippen LogP contribution is -2.26. The van der Waals surface area contributed by atoms with E-state index in [-0.39, 0.29) is 0 Å². The van der Waals surface area contributed by atoms with Crippen LogP contribution in [0.1, 0.15) is 44.6 Å². The lowest BCUT2D eigenvalue weighted by atomic mass is 9.96. The van der Waals surface area contributed by atoms with Crippen LogP contribution in [0.2, 0.25) is 5.15 Å². The smallest absolute Gasteiger partial charge is 0.138 e. The maximum absolute atomic E-state index is 6.11. The molecule has 1 fully saturated rings. The normalized spacial score (nSPS) is 20.4. The van der Waals surface area contributed by atoms with E-state index >= 15 is 0 Å². The summed E-state index contributed by atoms with van der Waals surface area (Å²) in [4.78, 5) is 10.7. The maximum Gasteiger partial charge on any atom is 0.138 e. The predicted octanol–water partition coefficient (Wildman–Crippen LogP) is 4.28. The van der Waals surface area contributed by atoms with E-state index < -0.39 is 0 Å². The van der Waals surface area contributed by atoms with Gasteiger partial charge in [0.05, 0.1) is 5.88 Å². The van der Waals surface area contributed by atoms with Crippen LogP contribution in [0.4, 0.5) is 5.82 Å². The van der Waals surface area contributed by atoms with Gasteiger partial charge in [-0.25, -0.2) is 9.97 Å². The number of anilines is 1. The fourth-order valence-electron chi connectivity index (χ4n) is 2.84. The number of rotatable bonds is 4. The van der Waals surface area contributed by atoms with Crippen molar-refractivity contribution in [3.05, 3.63) is 17.0 Å². The topological polar surface area (TPSA) is 29.0 Å². The lowest BCUT2D eigenvalue weighted by molar-refractivity contribution is 0.435. The molecule has 1 aromatic heterocycles. The van der Waals surface area contributed by atoms with E-state index in [9.17, 15) is 0 Å². The Kier molecular flexibility index (Phi) is 5.71. The average Bonchev–Trinajstić information content (AvgIpc) is 2.64. The third kappa shape index (κ3) is 3.73. The van der Waals surface area contributed by atoms with E-state index in [0.29, 0.717) is 11.0 Å². The molecule has 0 amide bonds. The largest absolute Gasteiger partial charge is 0.356 e. The van der Waals surface area contributed by atoms with Crippen LogP contribution in [0.15, 0.2) is 6.33 Å². The van der Waals surface area contributed by atoms with Crippen LogP contribution >= 0.6 is 23.2 Å². The molecule has 106 valence electrons. The van der Waals surface area contributed by atoms with Crippen molar-refractivity contribution in [2.24, 2.45) is 5.92 Å². The summed E-state index contributed by atoms with van der Waals surface area (Å²) in [6, 6.07) is 0. The van der Waals surface area contributed by atoms with E-state index in [1.165, 1.54) is 38.4 Å². The predicted molar refractivity (Wildman–Crippen MR) is 81.1 cm³/mol. The van der Waals surface area contributed by atoms with Crippen molar-refractivity contribution in [1.29, 1.82) is 0 Å². The average molecular weight is 302 g/mol. The molecule has 1 unspecified atom stereocenters. The molecule has 0 saturated carbocycles. The van der Waals surface area contributed by atoms with Crippen molar-refractivity contribution < 1.29 is 0 Å². The standard InChI is InChI=1S/C14H21Cl2N3/c1-2-4-11-5-3-7-19(8-6-11)14-12(9-15)13(16)17-10-18-14/h10-11H,2-9H2,1H3. The first-order valence-electron chi connectivity index (χ1n) is 7.06. The van der Waals surface area contributed by atoms with Gasteiger partial charge in [0, 0.05) is 18.7 Å². The summed E-state index contributed by atoms with van der Waals surface area (Å²) in [5, 5.41) is 0.481. The Balaban J connectivity index is 2.12. The van der Waals surface area contributed by atoms with Gasteiger partial charge in [-0.2, -0.15) is 0 Å². The van der Waals surface area contributed by atoms with Crippen molar-refractivity contribution >= 4 is 29.0 Å². The Morgan fingerprint density at radius 2 is 2.16 bits per heavy atom. The Morgan fingerprint density at radius 1 is 1.32 bits per heavy atom. The number of alkyl halides is 1. The molecule has 19 heavy (non-hydrogen) atoms. The minimum atomic E-state index is 0.365. The van der Waals surface area contributed by atoms with Crippen LogP contribution in [0.3, 0.4) is 0 Å². The summed E-state index contributed by atoms with van der Waals surface area (Å²) in [7, 11) is 0. The highest BCUT2D eigenvalue weighted by Crippen LogP contribution is 2.29. The SMILES string of the molecule is CCCC1CCCN(c2ncnc(Cl)c2CCl)CC1. The Hall–Kier alpha value is -0.540. The van der Waals surface area contributed by atoms with E-state index in [1.807, 2.05) is 0 Å². The van der Waals surface area contributed by atoms with Gasteiger partial charge in [-0.05, 0) is 25.2 Å². The van der Waals surface area contributed by atoms with Crippen LogP contribution in [0.5, 0.6) is 0 Å². The minimum absolute atomic E-state index is 0.365. The molecule has 2 rings (SSSR count). The van der Waals surface area contributed by atoms with Crippen LogP contribution in [0.25, 0.3) is 0 Å². The van der Waals surface area contributed by atoms with Crippen molar-refractivity contribution in [3.63, 3.8) is 0 Å². The van der Waals surface area contributed by atoms with Gasteiger partial charge in [-0.3, -0.25) is 0 Å². The van der Waals surface area contributed by atoms with E-state index in [1.54, 1.807) is 0 Å². The molecule has 2 heterocycles. The molecule has 5 heteroatoms. The second kappa shape index (κ2) is 7.30. The number of aromatic nitrogens is 2. The summed E-state index contributed by atoms with van der Waals surface area (Å²) in [6.07, 6.45) is 7.91. The quantitative estimate of drug-likeness (QED) is 0.614. The van der Waals surface area contributed by atoms with E-state index in [0.717, 1.165) is 30.4 Å². The summed E-state index contributed by atoms with van der Waals surface area (Å²) >= 11 is 12.1. The second-order valence-electron chi connectivity index (χ2n) is 5.17. The van der Waals surface area contributed by atoms with Gasteiger partial charge >= 0.3 is 0 Å². The fourth-order valence-corrected chi connectivity index (χ4v) is 3.35. The third-order valence-electron chi connectivity index (χ3n) is 3.85. The summed E-state index contributed by atoms with van der Waals surface area (Å²) in [5.74, 6) is 2.14. The van der Waals surface area contributed by atoms with E-state index in [2.05, 4.69) is 21.8 Å². The zero-order valence-corrected chi connectivity index (χ0v) is 12.9. The molecular weight excluding hydrogens is 281 g/mol. The molecule has 0 spiro atoms. The molecule has 1 aliphatic rings. The Morgan fingerprint density at radius 3 is 2.89 bits per heavy atom. The Labute approximate surface area is 125 Å². The molecule has 1 atom stereocenters. The van der Waals surface area contributed by atoms with Crippen LogP contribution in [-0.2, 0) is 5.88 Å². The number of nitrogens with zero attached hydrogens (tertiary/aromatic N) is 3. The molecule has 1 aliphatic heterocycles. The Bertz CT molecular complexity index is 412. The van der Waals surface area contributed by atoms with Crippen molar-refractivity contribution in [2.45, 2.75) is 44.9 Å². The van der Waals surface area contributed by atoms with Gasteiger partial charge in [0.1, 0.15) is 17.3 Å². The molecule has 3 nitrogen and oxygen atoms in total. The number of hydrogen-bond donors (Lipinski definition) is 0. The van der Waals surface area contributed by atoms with Gasteiger partial charge < -0.3 is 4.90 Å². The zero-order chi connectivity index (χ0) is 13.7. The molecule has 0 aliphatic carbocycles. The monoisotopic (exact) mass is 301 g/mol. The van der Waals surface area contributed by atoms with E-state index in [4.69, 9.17) is 23.2 Å². The first-order valence-corrected chi connectivity index (χ1v) is 7.97. The highest BCUT2D eigenvalue weighted by Gasteiger charge is 2.20. The van der Waals surface area contributed by atoms with Crippen molar-refractivity contribution in [2.75, 3.05) is 18.0 Å². The fraction of sp³-hybridized carbons (Fsp3) is 0.714. The maximum atomic E-state index is 6.11. The van der Waals surface area contributed by atoms with Crippen LogP contribution in [-0.4, -0.2) is 23.1 Å². The van der Waals surface area contributed by atoms with Gasteiger partial charge in [0.15, 0.2) is 0 Å². The third-order valence-corrected chi connectivity index (χ3v) is 4.44. The van der Waals surface area contributed by atoms with Crippen molar-refractivity contribution in [3.8, 4) is 0 Å². The number of halogens is 2. The highest BCUT2D eigenvalue weighted by atomic mass is 35.5. The molecule has 0 aromatic carbocycles. The van der Waals surface area contributed by atoms with Gasteiger partial charge in [-0.15, -0.1) is 11.6 Å². The van der Waals surface area contributed by atoms with Gasteiger partial charge in [0.25, 0.3) is 0 Å². The molecule has 0 bridgehead atoms. The first kappa shape index (κ1) is 14.9. The molecule has 1 saturated heterocycles. The summed E-state index contributed by atoms with van der Waals surface area (Å²) in [5.41, 5.74) is 0.861. The first-order chi connectivity index (χ1) is 9.26. The molecular formula is C14H21Cl2N3. The summed E-state index contributed by atoms with van der Waals surface area (Å²) in [6.45, 7) is 4.35. The highest BCUT2D eigenvalue weighted by molar-refractivity contribution is 6.31. The van der Waals surface area contributed by atoms with Crippen LogP contribution in [0, 0.1) is 5.92 Å².